The number of carbonyl (C=O) groups excluding carboxylic acids is 1. The summed E-state index contributed by atoms with van der Waals surface area (Å²) < 4.78 is 0. The Morgan fingerprint density at radius 3 is 2.45 bits per heavy atom. The molecule has 1 amide bonds. The number of rotatable bonds is 8. The molecular weight excluding hydrogens is 384 g/mol. The molecule has 0 unspecified atom stereocenters. The quantitative estimate of drug-likeness (QED) is 0.664. The van der Waals surface area contributed by atoms with Gasteiger partial charge in [-0.05, 0) is 88.0 Å². The Balaban J connectivity index is 2.20. The Bertz CT molecular complexity index is 1050. The van der Waals surface area contributed by atoms with Crippen molar-refractivity contribution in [1.82, 2.24) is 9.88 Å². The molecule has 0 fully saturated rings. The van der Waals surface area contributed by atoms with Crippen molar-refractivity contribution in [3.63, 3.8) is 0 Å². The molecule has 0 aliphatic heterocycles. The predicted octanol–water partition coefficient (Wildman–Crippen LogP) is 3.79. The van der Waals surface area contributed by atoms with Crippen LogP contribution in [0.5, 0.6) is 0 Å². The Morgan fingerprint density at radius 2 is 1.87 bits per heavy atom. The van der Waals surface area contributed by atoms with Crippen LogP contribution in [0.1, 0.15) is 50.0 Å². The molecule has 0 saturated heterocycles. The molecule has 0 radical (unpaired) electrons. The van der Waals surface area contributed by atoms with Crippen molar-refractivity contribution in [2.45, 2.75) is 46.7 Å². The lowest BCUT2D eigenvalue weighted by Crippen LogP contribution is -2.26. The second-order valence-corrected chi connectivity index (χ2v) is 8.02. The van der Waals surface area contributed by atoms with Gasteiger partial charge in [-0.1, -0.05) is 30.4 Å². The largest absolute Gasteiger partial charge is 0.307 e. The number of nitrogens with zero attached hydrogens (tertiary/aromatic N) is 3. The second kappa shape index (κ2) is 12.0. The number of anilines is 1. The van der Waals surface area contributed by atoms with Crippen LogP contribution in [0.2, 0.25) is 0 Å². The van der Waals surface area contributed by atoms with Crippen LogP contribution < -0.4 is 15.8 Å². The van der Waals surface area contributed by atoms with E-state index < -0.39 is 0 Å². The fourth-order valence-corrected chi connectivity index (χ4v) is 3.00. The second-order valence-electron chi connectivity index (χ2n) is 8.02. The fraction of sp³-hybridized carbons (Fsp3) is 0.346. The molecule has 1 aromatic carbocycles. The van der Waals surface area contributed by atoms with Gasteiger partial charge < -0.3 is 10.2 Å². The SMILES string of the molecule is C/C=C(\C=NC(C)C)C/C=c1/cc(NC(=O)c2ccc(CN(C)C)cc2)nc/c1=C/C. The van der Waals surface area contributed by atoms with E-state index >= 15 is 0 Å². The molecule has 1 N–H and O–H groups in total. The molecule has 0 spiro atoms. The van der Waals surface area contributed by atoms with Gasteiger partial charge in [0.2, 0.25) is 0 Å². The predicted molar refractivity (Wildman–Crippen MR) is 132 cm³/mol. The van der Waals surface area contributed by atoms with Gasteiger partial charge in [0.1, 0.15) is 5.82 Å². The third kappa shape index (κ3) is 7.95. The molecule has 164 valence electrons. The smallest absolute Gasteiger partial charge is 0.256 e. The molecule has 5 heteroatoms. The zero-order chi connectivity index (χ0) is 22.8. The summed E-state index contributed by atoms with van der Waals surface area (Å²) in [5.41, 5.74) is 2.93. The third-order valence-corrected chi connectivity index (χ3v) is 4.70. The van der Waals surface area contributed by atoms with Gasteiger partial charge in [0, 0.05) is 30.6 Å². The van der Waals surface area contributed by atoms with E-state index in [0.717, 1.165) is 29.0 Å². The summed E-state index contributed by atoms with van der Waals surface area (Å²) in [6.45, 7) is 8.97. The van der Waals surface area contributed by atoms with Gasteiger partial charge >= 0.3 is 0 Å². The summed E-state index contributed by atoms with van der Waals surface area (Å²) in [5, 5.41) is 4.98. The monoisotopic (exact) mass is 418 g/mol. The first kappa shape index (κ1) is 24.2. The maximum Gasteiger partial charge on any atom is 0.256 e. The van der Waals surface area contributed by atoms with Crippen LogP contribution in [-0.4, -0.2) is 42.1 Å². The maximum absolute atomic E-state index is 12.7. The molecule has 0 aliphatic carbocycles. The van der Waals surface area contributed by atoms with Crippen molar-refractivity contribution >= 4 is 30.1 Å². The highest BCUT2D eigenvalue weighted by atomic mass is 16.1. The van der Waals surface area contributed by atoms with E-state index in [0.29, 0.717) is 11.4 Å². The normalized spacial score (nSPS) is 13.6. The van der Waals surface area contributed by atoms with E-state index in [1.165, 1.54) is 5.56 Å². The number of aliphatic imine (C=N–C) groups is 1. The van der Waals surface area contributed by atoms with Crippen molar-refractivity contribution in [2.75, 3.05) is 19.4 Å². The molecule has 0 bridgehead atoms. The van der Waals surface area contributed by atoms with Crippen LogP contribution in [0.3, 0.4) is 0 Å². The van der Waals surface area contributed by atoms with E-state index in [1.54, 1.807) is 6.20 Å². The van der Waals surface area contributed by atoms with Gasteiger partial charge in [-0.15, -0.1) is 0 Å². The van der Waals surface area contributed by atoms with Crippen molar-refractivity contribution in [1.29, 1.82) is 0 Å². The number of benzene rings is 1. The summed E-state index contributed by atoms with van der Waals surface area (Å²) >= 11 is 0. The number of carbonyl (C=O) groups is 1. The molecule has 2 aromatic rings. The summed E-state index contributed by atoms with van der Waals surface area (Å²) in [5.74, 6) is 0.374. The Morgan fingerprint density at radius 1 is 1.16 bits per heavy atom. The number of amides is 1. The average molecular weight is 419 g/mol. The van der Waals surface area contributed by atoms with Crippen molar-refractivity contribution in [3.05, 3.63) is 69.7 Å². The Labute approximate surface area is 185 Å². The summed E-state index contributed by atoms with van der Waals surface area (Å²) in [6, 6.07) is 9.85. The van der Waals surface area contributed by atoms with Gasteiger partial charge in [0.05, 0.1) is 0 Å². The molecule has 5 nitrogen and oxygen atoms in total. The van der Waals surface area contributed by atoms with Gasteiger partial charge in [0.25, 0.3) is 5.91 Å². The topological polar surface area (TPSA) is 57.6 Å². The minimum Gasteiger partial charge on any atom is -0.307 e. The average Bonchev–Trinajstić information content (AvgIpc) is 2.74. The van der Waals surface area contributed by atoms with Crippen molar-refractivity contribution in [3.8, 4) is 0 Å². The molecule has 1 aromatic heterocycles. The van der Waals surface area contributed by atoms with E-state index in [2.05, 4.69) is 46.2 Å². The van der Waals surface area contributed by atoms with E-state index in [1.807, 2.05) is 70.6 Å². The molecule has 0 atom stereocenters. The lowest BCUT2D eigenvalue weighted by Gasteiger charge is -2.10. The minimum absolute atomic E-state index is 0.165. The third-order valence-electron chi connectivity index (χ3n) is 4.70. The van der Waals surface area contributed by atoms with Gasteiger partial charge in [-0.3, -0.25) is 9.79 Å². The standard InChI is InChI=1S/C26H34N4O/c1-7-20(16-27-19(3)4)9-14-24-15-25(28-17-22(24)8-2)29-26(31)23-12-10-21(11-13-23)18-30(5)6/h7-8,10-17,19H,9,18H2,1-6H3,(H,29,31)/b20-7-,22-8-,24-14-,27-16?. The molecule has 2 rings (SSSR count). The van der Waals surface area contributed by atoms with Crippen molar-refractivity contribution < 1.29 is 4.79 Å². The molecule has 1 heterocycles. The first-order chi connectivity index (χ1) is 14.8. The van der Waals surface area contributed by atoms with Crippen LogP contribution in [0, 0.1) is 0 Å². The van der Waals surface area contributed by atoms with Crippen LogP contribution in [0.15, 0.2) is 53.2 Å². The highest BCUT2D eigenvalue weighted by Gasteiger charge is 2.07. The summed E-state index contributed by atoms with van der Waals surface area (Å²) in [6.07, 6.45) is 10.7. The van der Waals surface area contributed by atoms with E-state index in [-0.39, 0.29) is 11.9 Å². The van der Waals surface area contributed by atoms with Gasteiger partial charge in [-0.2, -0.15) is 0 Å². The first-order valence-electron chi connectivity index (χ1n) is 10.7. The zero-order valence-electron chi connectivity index (χ0n) is 19.5. The number of allylic oxidation sites excluding steroid dienone is 2. The van der Waals surface area contributed by atoms with Crippen LogP contribution in [-0.2, 0) is 6.54 Å². The van der Waals surface area contributed by atoms with E-state index in [4.69, 9.17) is 0 Å². The summed E-state index contributed by atoms with van der Waals surface area (Å²) in [4.78, 5) is 23.6. The van der Waals surface area contributed by atoms with Gasteiger partial charge in [-0.25, -0.2) is 4.98 Å². The minimum atomic E-state index is -0.165. The molecule has 31 heavy (non-hydrogen) atoms. The fourth-order valence-electron chi connectivity index (χ4n) is 3.00. The number of nitrogens with one attached hydrogen (secondary N) is 1. The van der Waals surface area contributed by atoms with E-state index in [9.17, 15) is 4.79 Å². The highest BCUT2D eigenvalue weighted by molar-refractivity contribution is 6.03. The number of aromatic nitrogens is 1. The van der Waals surface area contributed by atoms with Gasteiger partial charge in [0.15, 0.2) is 0 Å². The van der Waals surface area contributed by atoms with Crippen molar-refractivity contribution in [2.24, 2.45) is 4.99 Å². The van der Waals surface area contributed by atoms with Crippen LogP contribution in [0.4, 0.5) is 5.82 Å². The van der Waals surface area contributed by atoms with Crippen LogP contribution in [0.25, 0.3) is 12.2 Å². The Hall–Kier alpha value is -3.05. The lowest BCUT2D eigenvalue weighted by molar-refractivity contribution is 0.102. The number of pyridine rings is 1. The van der Waals surface area contributed by atoms with Crippen LogP contribution >= 0.6 is 0 Å². The number of hydrogen-bond donors (Lipinski definition) is 1. The molecule has 0 saturated carbocycles. The maximum atomic E-state index is 12.7. The molecule has 0 aliphatic rings. The summed E-state index contributed by atoms with van der Waals surface area (Å²) in [7, 11) is 4.04. The Kier molecular flexibility index (Phi) is 9.35. The highest BCUT2D eigenvalue weighted by Crippen LogP contribution is 2.08. The zero-order valence-corrected chi connectivity index (χ0v) is 19.5. The lowest BCUT2D eigenvalue weighted by atomic mass is 10.1. The molecular formula is C26H34N4O. The first-order valence-corrected chi connectivity index (χ1v) is 10.7. The number of hydrogen-bond acceptors (Lipinski definition) is 4.